The smallest absolute Gasteiger partial charge is 0.251 e. The molecule has 1 N–H and O–H groups in total. The zero-order valence-corrected chi connectivity index (χ0v) is 18.3. The Bertz CT molecular complexity index is 883. The van der Waals surface area contributed by atoms with E-state index in [9.17, 15) is 9.59 Å². The summed E-state index contributed by atoms with van der Waals surface area (Å²) in [5, 5.41) is 2.92. The molecule has 1 heterocycles. The Labute approximate surface area is 179 Å². The molecule has 0 bridgehead atoms. The van der Waals surface area contributed by atoms with Crippen LogP contribution in [0.3, 0.4) is 0 Å². The summed E-state index contributed by atoms with van der Waals surface area (Å²) < 4.78 is 11.8. The second-order valence-electron chi connectivity index (χ2n) is 6.84. The zero-order valence-electron chi connectivity index (χ0n) is 16.7. The minimum absolute atomic E-state index is 0.164. The van der Waals surface area contributed by atoms with Gasteiger partial charge in [0.05, 0.1) is 18.2 Å². The Morgan fingerprint density at radius 2 is 2.00 bits per heavy atom. The highest BCUT2D eigenvalue weighted by molar-refractivity contribution is 9.10. The van der Waals surface area contributed by atoms with Crippen LogP contribution in [0.4, 0.5) is 5.69 Å². The number of rotatable bonds is 8. The van der Waals surface area contributed by atoms with Gasteiger partial charge in [-0.1, -0.05) is 19.1 Å². The van der Waals surface area contributed by atoms with Crippen LogP contribution in [-0.2, 0) is 11.3 Å². The van der Waals surface area contributed by atoms with Crippen molar-refractivity contribution in [2.45, 2.75) is 32.7 Å². The first-order valence-corrected chi connectivity index (χ1v) is 10.5. The number of hydrogen-bond donors (Lipinski definition) is 1. The van der Waals surface area contributed by atoms with Crippen LogP contribution in [0.2, 0.25) is 0 Å². The van der Waals surface area contributed by atoms with Crippen molar-refractivity contribution in [1.29, 1.82) is 0 Å². The van der Waals surface area contributed by atoms with Gasteiger partial charge >= 0.3 is 0 Å². The molecule has 29 heavy (non-hydrogen) atoms. The number of carbonyl (C=O) groups is 2. The van der Waals surface area contributed by atoms with Gasteiger partial charge < -0.3 is 19.7 Å². The summed E-state index contributed by atoms with van der Waals surface area (Å²) in [5.74, 6) is 1.07. The SMILES string of the molecule is CCCOc1c(Br)cc(C(=O)NCc2ccc(N3CCCC3=O)cc2)cc1OC. The molecule has 0 atom stereocenters. The Hall–Kier alpha value is -2.54. The molecular weight excluding hydrogens is 436 g/mol. The van der Waals surface area contributed by atoms with Crippen LogP contribution in [-0.4, -0.2) is 32.1 Å². The van der Waals surface area contributed by atoms with Crippen molar-refractivity contribution < 1.29 is 19.1 Å². The van der Waals surface area contributed by atoms with Crippen molar-refractivity contribution in [1.82, 2.24) is 5.32 Å². The molecule has 2 amide bonds. The first kappa shape index (κ1) is 21.2. The monoisotopic (exact) mass is 460 g/mol. The topological polar surface area (TPSA) is 67.9 Å². The van der Waals surface area contributed by atoms with Gasteiger partial charge in [-0.15, -0.1) is 0 Å². The quantitative estimate of drug-likeness (QED) is 0.637. The van der Waals surface area contributed by atoms with E-state index in [2.05, 4.69) is 21.2 Å². The molecule has 1 fully saturated rings. The van der Waals surface area contributed by atoms with Gasteiger partial charge in [-0.2, -0.15) is 0 Å². The molecule has 0 unspecified atom stereocenters. The maximum Gasteiger partial charge on any atom is 0.251 e. The molecule has 3 rings (SSSR count). The van der Waals surface area contributed by atoms with E-state index in [0.717, 1.165) is 30.6 Å². The van der Waals surface area contributed by atoms with Crippen molar-refractivity contribution in [3.05, 3.63) is 52.0 Å². The largest absolute Gasteiger partial charge is 0.493 e. The van der Waals surface area contributed by atoms with Crippen molar-refractivity contribution in [2.75, 3.05) is 25.2 Å². The number of benzene rings is 2. The van der Waals surface area contributed by atoms with Gasteiger partial charge in [-0.05, 0) is 58.6 Å². The maximum atomic E-state index is 12.6. The Morgan fingerprint density at radius 1 is 1.24 bits per heavy atom. The number of anilines is 1. The predicted molar refractivity (Wildman–Crippen MR) is 116 cm³/mol. The third kappa shape index (κ3) is 5.09. The van der Waals surface area contributed by atoms with Gasteiger partial charge in [0.25, 0.3) is 5.91 Å². The zero-order chi connectivity index (χ0) is 20.8. The normalized spacial score (nSPS) is 13.5. The molecule has 0 spiro atoms. The van der Waals surface area contributed by atoms with Crippen molar-refractivity contribution in [3.8, 4) is 11.5 Å². The Morgan fingerprint density at radius 3 is 2.62 bits per heavy atom. The molecule has 0 aromatic heterocycles. The van der Waals surface area contributed by atoms with Gasteiger partial charge in [-0.3, -0.25) is 9.59 Å². The number of amides is 2. The van der Waals surface area contributed by atoms with E-state index in [-0.39, 0.29) is 11.8 Å². The van der Waals surface area contributed by atoms with Crippen LogP contribution in [0.1, 0.15) is 42.1 Å². The number of nitrogens with zero attached hydrogens (tertiary/aromatic N) is 1. The predicted octanol–water partition coefficient (Wildman–Crippen LogP) is 4.30. The van der Waals surface area contributed by atoms with Gasteiger partial charge in [0.1, 0.15) is 0 Å². The first-order valence-electron chi connectivity index (χ1n) is 9.71. The highest BCUT2D eigenvalue weighted by atomic mass is 79.9. The summed E-state index contributed by atoms with van der Waals surface area (Å²) in [6.45, 7) is 3.75. The van der Waals surface area contributed by atoms with E-state index in [1.54, 1.807) is 24.1 Å². The summed E-state index contributed by atoms with van der Waals surface area (Å²) in [7, 11) is 1.55. The van der Waals surface area contributed by atoms with Crippen molar-refractivity contribution in [2.24, 2.45) is 0 Å². The van der Waals surface area contributed by atoms with Crippen LogP contribution in [0, 0.1) is 0 Å². The molecule has 2 aromatic carbocycles. The second kappa shape index (κ2) is 9.78. The molecule has 0 radical (unpaired) electrons. The first-order chi connectivity index (χ1) is 14.0. The number of ether oxygens (including phenoxy) is 2. The number of methoxy groups -OCH3 is 1. The summed E-state index contributed by atoms with van der Waals surface area (Å²) in [4.78, 5) is 26.2. The summed E-state index contributed by atoms with van der Waals surface area (Å²) >= 11 is 3.46. The van der Waals surface area contributed by atoms with E-state index in [4.69, 9.17) is 9.47 Å². The minimum Gasteiger partial charge on any atom is -0.493 e. The lowest BCUT2D eigenvalue weighted by Gasteiger charge is -2.16. The maximum absolute atomic E-state index is 12.6. The molecule has 1 aliphatic heterocycles. The highest BCUT2D eigenvalue weighted by Crippen LogP contribution is 2.36. The van der Waals surface area contributed by atoms with E-state index in [1.807, 2.05) is 31.2 Å². The minimum atomic E-state index is -0.204. The van der Waals surface area contributed by atoms with Crippen LogP contribution in [0.15, 0.2) is 40.9 Å². The molecule has 1 saturated heterocycles. The number of hydrogen-bond acceptors (Lipinski definition) is 4. The van der Waals surface area contributed by atoms with Crippen molar-refractivity contribution >= 4 is 33.4 Å². The molecule has 154 valence electrons. The van der Waals surface area contributed by atoms with Crippen LogP contribution in [0.5, 0.6) is 11.5 Å². The molecule has 2 aromatic rings. The van der Waals surface area contributed by atoms with Gasteiger partial charge in [0.15, 0.2) is 11.5 Å². The fraction of sp³-hybridized carbons (Fsp3) is 0.364. The third-order valence-electron chi connectivity index (χ3n) is 4.72. The Kier molecular flexibility index (Phi) is 7.14. The van der Waals surface area contributed by atoms with Gasteiger partial charge in [0.2, 0.25) is 5.91 Å². The number of nitrogens with one attached hydrogen (secondary N) is 1. The highest BCUT2D eigenvalue weighted by Gasteiger charge is 2.21. The van der Waals surface area contributed by atoms with Crippen LogP contribution >= 0.6 is 15.9 Å². The second-order valence-corrected chi connectivity index (χ2v) is 7.69. The molecular formula is C22H25BrN2O4. The number of halogens is 1. The molecule has 7 heteroatoms. The summed E-state index contributed by atoms with van der Waals surface area (Å²) in [6.07, 6.45) is 2.39. The molecule has 6 nitrogen and oxygen atoms in total. The average molecular weight is 461 g/mol. The standard InChI is InChI=1S/C22H25BrN2O4/c1-3-11-29-21-18(23)12-16(13-19(21)28-2)22(27)24-14-15-6-8-17(9-7-15)25-10-4-5-20(25)26/h6-9,12-13H,3-5,10-11,14H2,1-2H3,(H,24,27). The number of carbonyl (C=O) groups excluding carboxylic acids is 2. The third-order valence-corrected chi connectivity index (χ3v) is 5.31. The van der Waals surface area contributed by atoms with Crippen molar-refractivity contribution in [3.63, 3.8) is 0 Å². The average Bonchev–Trinajstić information content (AvgIpc) is 3.16. The lowest BCUT2D eigenvalue weighted by atomic mass is 10.1. The van der Waals surface area contributed by atoms with Gasteiger partial charge in [0, 0.05) is 30.8 Å². The summed E-state index contributed by atoms with van der Waals surface area (Å²) in [5.41, 5.74) is 2.35. The Balaban J connectivity index is 1.64. The summed E-state index contributed by atoms with van der Waals surface area (Å²) in [6, 6.07) is 11.1. The molecule has 0 saturated carbocycles. The fourth-order valence-electron chi connectivity index (χ4n) is 3.19. The lowest BCUT2D eigenvalue weighted by Crippen LogP contribution is -2.24. The van der Waals surface area contributed by atoms with E-state index in [0.29, 0.717) is 41.1 Å². The molecule has 0 aliphatic carbocycles. The van der Waals surface area contributed by atoms with Gasteiger partial charge in [-0.25, -0.2) is 0 Å². The van der Waals surface area contributed by atoms with E-state index in [1.165, 1.54) is 0 Å². The van der Waals surface area contributed by atoms with Crippen LogP contribution < -0.4 is 19.7 Å². The molecule has 1 aliphatic rings. The van der Waals surface area contributed by atoms with Crippen LogP contribution in [0.25, 0.3) is 0 Å². The fourth-order valence-corrected chi connectivity index (χ4v) is 3.75. The van der Waals surface area contributed by atoms with E-state index < -0.39 is 0 Å². The van der Waals surface area contributed by atoms with E-state index >= 15 is 0 Å². The lowest BCUT2D eigenvalue weighted by molar-refractivity contribution is -0.117.